The number of carbonyl (C=O) groups is 3. The molecule has 1 heterocycles. The van der Waals surface area contributed by atoms with Crippen LogP contribution >= 0.6 is 0 Å². The standard InChI is InChI=1S/C23H18F3NO5/c24-23(25,26)17-9-8-15(16(27-17)11-32-22(31)12-4-2-1-3-5-12)21(30)18-19(28)13-6-7-14(10-13)20(18)29/h1-5,8-9,13-14,30H,6-7,10-11H2. The molecular formula is C23H18F3NO5. The van der Waals surface area contributed by atoms with Crippen molar-refractivity contribution in [3.8, 4) is 0 Å². The van der Waals surface area contributed by atoms with E-state index in [-0.39, 0.29) is 11.1 Å². The quantitative estimate of drug-likeness (QED) is 0.327. The first-order valence-electron chi connectivity index (χ1n) is 9.98. The van der Waals surface area contributed by atoms with Crippen molar-refractivity contribution in [1.82, 2.24) is 4.98 Å². The highest BCUT2D eigenvalue weighted by Crippen LogP contribution is 2.42. The lowest BCUT2D eigenvalue weighted by Gasteiger charge is -2.21. The number of aromatic nitrogens is 1. The lowest BCUT2D eigenvalue weighted by atomic mass is 9.81. The van der Waals surface area contributed by atoms with Crippen LogP contribution in [0.5, 0.6) is 0 Å². The molecule has 0 aliphatic heterocycles. The zero-order valence-corrected chi connectivity index (χ0v) is 16.7. The van der Waals surface area contributed by atoms with E-state index in [0.717, 1.165) is 6.07 Å². The Morgan fingerprint density at radius 3 is 2.25 bits per heavy atom. The molecule has 2 aliphatic carbocycles. The second-order valence-electron chi connectivity index (χ2n) is 7.79. The van der Waals surface area contributed by atoms with Gasteiger partial charge >= 0.3 is 12.1 Å². The third-order valence-corrected chi connectivity index (χ3v) is 5.77. The van der Waals surface area contributed by atoms with Gasteiger partial charge in [0.25, 0.3) is 0 Å². The summed E-state index contributed by atoms with van der Waals surface area (Å²) in [4.78, 5) is 41.1. The summed E-state index contributed by atoms with van der Waals surface area (Å²) < 4.78 is 44.7. The third-order valence-electron chi connectivity index (χ3n) is 5.77. The Labute approximate surface area is 180 Å². The third kappa shape index (κ3) is 4.02. The monoisotopic (exact) mass is 445 g/mol. The van der Waals surface area contributed by atoms with E-state index in [0.29, 0.717) is 25.3 Å². The summed E-state index contributed by atoms with van der Waals surface area (Å²) in [6.07, 6.45) is -3.31. The van der Waals surface area contributed by atoms with E-state index >= 15 is 0 Å². The Bertz CT molecular complexity index is 1100. The van der Waals surface area contributed by atoms with E-state index in [4.69, 9.17) is 4.74 Å². The molecule has 2 atom stereocenters. The number of benzene rings is 1. The number of nitrogens with zero attached hydrogens (tertiary/aromatic N) is 1. The van der Waals surface area contributed by atoms with Gasteiger partial charge < -0.3 is 9.84 Å². The van der Waals surface area contributed by atoms with Crippen LogP contribution in [0.1, 0.15) is 46.6 Å². The summed E-state index contributed by atoms with van der Waals surface area (Å²) in [5.41, 5.74) is -2.16. The van der Waals surface area contributed by atoms with Crippen LogP contribution in [0.2, 0.25) is 0 Å². The number of hydrogen-bond acceptors (Lipinski definition) is 6. The zero-order chi connectivity index (χ0) is 23.0. The lowest BCUT2D eigenvalue weighted by molar-refractivity contribution is -0.141. The molecule has 0 amide bonds. The van der Waals surface area contributed by atoms with Crippen LogP contribution < -0.4 is 0 Å². The minimum atomic E-state index is -4.78. The fraction of sp³-hybridized carbons (Fsp3) is 0.304. The summed E-state index contributed by atoms with van der Waals surface area (Å²) in [6.45, 7) is -0.695. The smallest absolute Gasteiger partial charge is 0.433 e. The predicted octanol–water partition coefficient (Wildman–Crippen LogP) is 4.29. The van der Waals surface area contributed by atoms with Crippen LogP contribution in [0.4, 0.5) is 13.2 Å². The molecule has 32 heavy (non-hydrogen) atoms. The van der Waals surface area contributed by atoms with Crippen molar-refractivity contribution in [3.63, 3.8) is 0 Å². The first-order valence-corrected chi connectivity index (χ1v) is 9.98. The van der Waals surface area contributed by atoms with Crippen molar-refractivity contribution in [2.24, 2.45) is 11.8 Å². The van der Waals surface area contributed by atoms with Crippen LogP contribution in [0, 0.1) is 11.8 Å². The van der Waals surface area contributed by atoms with Crippen molar-refractivity contribution in [3.05, 3.63) is 70.6 Å². The Balaban J connectivity index is 1.72. The molecule has 1 N–H and O–H groups in total. The number of esters is 1. The van der Waals surface area contributed by atoms with Gasteiger partial charge in [-0.25, -0.2) is 9.78 Å². The molecule has 2 unspecified atom stereocenters. The highest BCUT2D eigenvalue weighted by molar-refractivity contribution is 6.27. The Kier molecular flexibility index (Phi) is 5.58. The largest absolute Gasteiger partial charge is 0.506 e. The molecule has 9 heteroatoms. The SMILES string of the molecule is O=C(OCc1nc(C(F)(F)F)ccc1C(O)=C1C(=O)C2CCC(C2)C1=O)c1ccccc1. The Morgan fingerprint density at radius 1 is 1.03 bits per heavy atom. The number of fused-ring (bicyclic) bond motifs is 2. The number of pyridine rings is 1. The highest BCUT2D eigenvalue weighted by Gasteiger charge is 2.45. The van der Waals surface area contributed by atoms with E-state index in [1.54, 1.807) is 18.2 Å². The van der Waals surface area contributed by atoms with E-state index in [9.17, 15) is 32.7 Å². The van der Waals surface area contributed by atoms with Gasteiger partial charge in [-0.1, -0.05) is 18.2 Å². The molecule has 166 valence electrons. The Morgan fingerprint density at radius 2 is 1.66 bits per heavy atom. The van der Waals surface area contributed by atoms with Crippen LogP contribution in [-0.4, -0.2) is 27.6 Å². The van der Waals surface area contributed by atoms with E-state index in [2.05, 4.69) is 4.98 Å². The van der Waals surface area contributed by atoms with Crippen LogP contribution in [0.3, 0.4) is 0 Å². The molecule has 2 saturated carbocycles. The molecule has 0 radical (unpaired) electrons. The van der Waals surface area contributed by atoms with Gasteiger partial charge in [0.2, 0.25) is 0 Å². The number of Topliss-reactive ketones (excluding diaryl/α,β-unsaturated/α-hetero) is 2. The number of alkyl halides is 3. The van der Waals surface area contributed by atoms with Crippen LogP contribution in [0.15, 0.2) is 48.0 Å². The number of ketones is 2. The number of rotatable bonds is 4. The van der Waals surface area contributed by atoms with Gasteiger partial charge in [-0.3, -0.25) is 9.59 Å². The van der Waals surface area contributed by atoms with E-state index < -0.39 is 64.9 Å². The van der Waals surface area contributed by atoms with E-state index in [1.807, 2.05) is 0 Å². The van der Waals surface area contributed by atoms with Crippen LogP contribution in [0.25, 0.3) is 5.76 Å². The number of halogens is 3. The molecular weight excluding hydrogens is 427 g/mol. The number of ether oxygens (including phenoxy) is 1. The fourth-order valence-electron chi connectivity index (χ4n) is 4.13. The maximum absolute atomic E-state index is 13.2. The maximum Gasteiger partial charge on any atom is 0.433 e. The van der Waals surface area contributed by atoms with Gasteiger partial charge in [0.15, 0.2) is 11.6 Å². The summed E-state index contributed by atoms with van der Waals surface area (Å²) in [5, 5.41) is 10.8. The molecule has 0 saturated heterocycles. The number of allylic oxidation sites excluding steroid dienone is 1. The molecule has 6 nitrogen and oxygen atoms in total. The van der Waals surface area contributed by atoms with Gasteiger partial charge in [-0.2, -0.15) is 13.2 Å². The Hall–Kier alpha value is -3.49. The van der Waals surface area contributed by atoms with Crippen molar-refractivity contribution in [2.75, 3.05) is 0 Å². The number of aliphatic hydroxyl groups is 1. The summed E-state index contributed by atoms with van der Waals surface area (Å²) in [6, 6.07) is 9.38. The predicted molar refractivity (Wildman–Crippen MR) is 105 cm³/mol. The topological polar surface area (TPSA) is 93.6 Å². The molecule has 4 rings (SSSR count). The summed E-state index contributed by atoms with van der Waals surface area (Å²) >= 11 is 0. The van der Waals surface area contributed by atoms with Gasteiger partial charge in [0, 0.05) is 17.4 Å². The minimum Gasteiger partial charge on any atom is -0.506 e. The molecule has 1 aromatic carbocycles. The molecule has 0 spiro atoms. The molecule has 2 fully saturated rings. The van der Waals surface area contributed by atoms with Gasteiger partial charge in [-0.15, -0.1) is 0 Å². The lowest BCUT2D eigenvalue weighted by Crippen LogP contribution is -2.30. The first-order chi connectivity index (χ1) is 15.2. The number of hydrogen-bond donors (Lipinski definition) is 1. The second kappa shape index (κ2) is 8.22. The van der Waals surface area contributed by atoms with Gasteiger partial charge in [-0.05, 0) is 43.5 Å². The average molecular weight is 445 g/mol. The van der Waals surface area contributed by atoms with Gasteiger partial charge in [0.05, 0.1) is 11.3 Å². The minimum absolute atomic E-state index is 0.179. The summed E-state index contributed by atoms with van der Waals surface area (Å²) in [5.74, 6) is -3.36. The van der Waals surface area contributed by atoms with Crippen molar-refractivity contribution in [1.29, 1.82) is 0 Å². The van der Waals surface area contributed by atoms with Crippen LogP contribution in [-0.2, 0) is 27.1 Å². The first kappa shape index (κ1) is 21.7. The number of carbonyl (C=O) groups excluding carboxylic acids is 3. The molecule has 1 aromatic heterocycles. The van der Waals surface area contributed by atoms with E-state index in [1.165, 1.54) is 12.1 Å². The second-order valence-corrected chi connectivity index (χ2v) is 7.79. The maximum atomic E-state index is 13.2. The fourth-order valence-corrected chi connectivity index (χ4v) is 4.13. The molecule has 2 bridgehead atoms. The molecule has 2 aromatic rings. The summed E-state index contributed by atoms with van der Waals surface area (Å²) in [7, 11) is 0. The normalized spacial score (nSPS) is 20.4. The number of aliphatic hydroxyl groups excluding tert-OH is 1. The molecule has 2 aliphatic rings. The van der Waals surface area contributed by atoms with Crippen molar-refractivity contribution in [2.45, 2.75) is 32.0 Å². The zero-order valence-electron chi connectivity index (χ0n) is 16.7. The van der Waals surface area contributed by atoms with Crippen molar-refractivity contribution >= 4 is 23.3 Å². The van der Waals surface area contributed by atoms with Crippen molar-refractivity contribution < 1.29 is 37.4 Å². The van der Waals surface area contributed by atoms with Gasteiger partial charge in [0.1, 0.15) is 23.6 Å². The highest BCUT2D eigenvalue weighted by atomic mass is 19.4. The average Bonchev–Trinajstić information content (AvgIpc) is 3.23.